The minimum Gasteiger partial charge on any atom is -0.481 e. The average molecular weight is 258 g/mol. The first kappa shape index (κ1) is 14.8. The van der Waals surface area contributed by atoms with Crippen molar-refractivity contribution in [1.82, 2.24) is 10.6 Å². The van der Waals surface area contributed by atoms with Crippen LogP contribution in [0.4, 0.5) is 4.79 Å². The molecule has 1 aliphatic heterocycles. The van der Waals surface area contributed by atoms with Gasteiger partial charge in [0, 0.05) is 26.1 Å². The van der Waals surface area contributed by atoms with Crippen molar-refractivity contribution < 1.29 is 19.4 Å². The number of amides is 2. The lowest BCUT2D eigenvalue weighted by atomic mass is 10.0. The molecule has 0 radical (unpaired) electrons. The van der Waals surface area contributed by atoms with Gasteiger partial charge in [0.15, 0.2) is 0 Å². The van der Waals surface area contributed by atoms with Crippen LogP contribution < -0.4 is 10.6 Å². The molecule has 6 heteroatoms. The standard InChI is InChI=1S/C12H22N2O4/c1-2-9(6-11(15)16)7-13-12(17)14-8-10-4-3-5-18-10/h9-10H,2-8H2,1H3,(H,15,16)(H2,13,14,17). The Labute approximate surface area is 107 Å². The second-order valence-corrected chi connectivity index (χ2v) is 4.60. The van der Waals surface area contributed by atoms with Gasteiger partial charge in [0.1, 0.15) is 0 Å². The summed E-state index contributed by atoms with van der Waals surface area (Å²) in [4.78, 5) is 22.0. The first-order chi connectivity index (χ1) is 8.61. The molecule has 2 unspecified atom stereocenters. The topological polar surface area (TPSA) is 87.7 Å². The summed E-state index contributed by atoms with van der Waals surface area (Å²) in [6, 6.07) is -0.255. The second kappa shape index (κ2) is 7.92. The van der Waals surface area contributed by atoms with Crippen LogP contribution in [-0.2, 0) is 9.53 Å². The highest BCUT2D eigenvalue weighted by Crippen LogP contribution is 2.10. The Morgan fingerprint density at radius 3 is 2.78 bits per heavy atom. The van der Waals surface area contributed by atoms with E-state index in [4.69, 9.17) is 9.84 Å². The number of ether oxygens (including phenoxy) is 1. The summed E-state index contributed by atoms with van der Waals surface area (Å²) in [7, 11) is 0. The lowest BCUT2D eigenvalue weighted by Crippen LogP contribution is -2.41. The Morgan fingerprint density at radius 1 is 1.44 bits per heavy atom. The zero-order valence-corrected chi connectivity index (χ0v) is 10.8. The van der Waals surface area contributed by atoms with Crippen LogP contribution in [0.3, 0.4) is 0 Å². The summed E-state index contributed by atoms with van der Waals surface area (Å²) in [5.74, 6) is -0.848. The van der Waals surface area contributed by atoms with E-state index >= 15 is 0 Å². The van der Waals surface area contributed by atoms with Crippen molar-refractivity contribution in [2.75, 3.05) is 19.7 Å². The van der Waals surface area contributed by atoms with Gasteiger partial charge < -0.3 is 20.5 Å². The summed E-state index contributed by atoms with van der Waals surface area (Å²) < 4.78 is 5.38. The minimum atomic E-state index is -0.830. The fourth-order valence-electron chi connectivity index (χ4n) is 1.92. The van der Waals surface area contributed by atoms with Crippen LogP contribution in [0.2, 0.25) is 0 Å². The molecular formula is C12H22N2O4. The number of aliphatic carboxylic acids is 1. The molecule has 0 aromatic heterocycles. The third-order valence-electron chi connectivity index (χ3n) is 3.11. The molecule has 0 aromatic carbocycles. The predicted octanol–water partition coefficient (Wildman–Crippen LogP) is 0.965. The summed E-state index contributed by atoms with van der Waals surface area (Å²) in [5, 5.41) is 14.1. The lowest BCUT2D eigenvalue weighted by Gasteiger charge is -2.15. The highest BCUT2D eigenvalue weighted by atomic mass is 16.5. The Bertz CT molecular complexity index is 277. The number of urea groups is 1. The van der Waals surface area contributed by atoms with Crippen LogP contribution in [0.5, 0.6) is 0 Å². The molecule has 1 heterocycles. The molecule has 0 bridgehead atoms. The number of carboxylic acid groups (broad SMARTS) is 1. The van der Waals surface area contributed by atoms with Crippen molar-refractivity contribution >= 4 is 12.0 Å². The van der Waals surface area contributed by atoms with Crippen molar-refractivity contribution in [2.45, 2.75) is 38.7 Å². The largest absolute Gasteiger partial charge is 0.481 e. The van der Waals surface area contributed by atoms with Crippen LogP contribution in [-0.4, -0.2) is 42.9 Å². The molecule has 3 N–H and O–H groups in total. The number of carbonyl (C=O) groups excluding carboxylic acids is 1. The van der Waals surface area contributed by atoms with Gasteiger partial charge in [-0.05, 0) is 18.8 Å². The highest BCUT2D eigenvalue weighted by Gasteiger charge is 2.16. The predicted molar refractivity (Wildman–Crippen MR) is 66.4 cm³/mol. The Balaban J connectivity index is 2.12. The quantitative estimate of drug-likeness (QED) is 0.635. The van der Waals surface area contributed by atoms with Crippen molar-refractivity contribution in [3.8, 4) is 0 Å². The molecule has 104 valence electrons. The molecule has 1 saturated heterocycles. The molecule has 1 aliphatic rings. The first-order valence-electron chi connectivity index (χ1n) is 6.47. The van der Waals surface area contributed by atoms with Crippen LogP contribution in [0, 0.1) is 5.92 Å². The SMILES string of the molecule is CCC(CNC(=O)NCC1CCCO1)CC(=O)O. The summed E-state index contributed by atoms with van der Waals surface area (Å²) >= 11 is 0. The van der Waals surface area contributed by atoms with Crippen LogP contribution in [0.25, 0.3) is 0 Å². The van der Waals surface area contributed by atoms with Gasteiger partial charge in [-0.1, -0.05) is 13.3 Å². The van der Waals surface area contributed by atoms with E-state index in [9.17, 15) is 9.59 Å². The summed E-state index contributed by atoms with van der Waals surface area (Å²) in [5.41, 5.74) is 0. The van der Waals surface area contributed by atoms with E-state index in [1.54, 1.807) is 0 Å². The third-order valence-corrected chi connectivity index (χ3v) is 3.11. The molecule has 2 amide bonds. The van der Waals surface area contributed by atoms with Crippen LogP contribution in [0.1, 0.15) is 32.6 Å². The molecule has 1 fully saturated rings. The molecule has 0 saturated carbocycles. The molecule has 6 nitrogen and oxygen atoms in total. The van der Waals surface area contributed by atoms with E-state index in [0.29, 0.717) is 13.1 Å². The molecule has 18 heavy (non-hydrogen) atoms. The van der Waals surface area contributed by atoms with Gasteiger partial charge in [-0.2, -0.15) is 0 Å². The van der Waals surface area contributed by atoms with Gasteiger partial charge in [0.05, 0.1) is 6.10 Å². The minimum absolute atomic E-state index is 0.0176. The maximum atomic E-state index is 11.5. The first-order valence-corrected chi connectivity index (χ1v) is 6.47. The summed E-state index contributed by atoms with van der Waals surface area (Å²) in [6.07, 6.45) is 2.97. The van der Waals surface area contributed by atoms with E-state index in [0.717, 1.165) is 25.9 Å². The van der Waals surface area contributed by atoms with Crippen LogP contribution >= 0.6 is 0 Å². The zero-order valence-electron chi connectivity index (χ0n) is 10.8. The Morgan fingerprint density at radius 2 is 2.22 bits per heavy atom. The number of hydrogen-bond donors (Lipinski definition) is 3. The van der Waals surface area contributed by atoms with E-state index in [-0.39, 0.29) is 24.5 Å². The fraction of sp³-hybridized carbons (Fsp3) is 0.833. The molecular weight excluding hydrogens is 236 g/mol. The molecule has 0 aliphatic carbocycles. The maximum absolute atomic E-state index is 11.5. The Hall–Kier alpha value is -1.30. The van der Waals surface area contributed by atoms with Crippen molar-refractivity contribution in [3.05, 3.63) is 0 Å². The second-order valence-electron chi connectivity index (χ2n) is 4.60. The van der Waals surface area contributed by atoms with Gasteiger partial charge in [-0.25, -0.2) is 4.79 Å². The average Bonchev–Trinajstić information content (AvgIpc) is 2.84. The number of carboxylic acids is 1. The number of nitrogens with one attached hydrogen (secondary N) is 2. The third kappa shape index (κ3) is 5.86. The van der Waals surface area contributed by atoms with Crippen molar-refractivity contribution in [2.24, 2.45) is 5.92 Å². The van der Waals surface area contributed by atoms with Gasteiger partial charge in [0.2, 0.25) is 0 Å². The normalized spacial score (nSPS) is 20.4. The smallest absolute Gasteiger partial charge is 0.314 e. The zero-order chi connectivity index (χ0) is 13.4. The van der Waals surface area contributed by atoms with E-state index in [1.165, 1.54) is 0 Å². The van der Waals surface area contributed by atoms with Gasteiger partial charge in [-0.15, -0.1) is 0 Å². The van der Waals surface area contributed by atoms with E-state index in [2.05, 4.69) is 10.6 Å². The Kier molecular flexibility index (Phi) is 6.49. The van der Waals surface area contributed by atoms with E-state index in [1.807, 2.05) is 6.92 Å². The lowest BCUT2D eigenvalue weighted by molar-refractivity contribution is -0.138. The molecule has 0 aromatic rings. The number of rotatable bonds is 7. The number of carbonyl (C=O) groups is 2. The molecule has 0 spiro atoms. The monoisotopic (exact) mass is 258 g/mol. The van der Waals surface area contributed by atoms with Crippen molar-refractivity contribution in [1.29, 1.82) is 0 Å². The summed E-state index contributed by atoms with van der Waals surface area (Å²) in [6.45, 7) is 3.59. The van der Waals surface area contributed by atoms with Gasteiger partial charge in [0.25, 0.3) is 0 Å². The van der Waals surface area contributed by atoms with Gasteiger partial charge in [-0.3, -0.25) is 4.79 Å². The van der Waals surface area contributed by atoms with Gasteiger partial charge >= 0.3 is 12.0 Å². The fourth-order valence-corrected chi connectivity index (χ4v) is 1.92. The highest BCUT2D eigenvalue weighted by molar-refractivity contribution is 5.74. The number of hydrogen-bond acceptors (Lipinski definition) is 3. The van der Waals surface area contributed by atoms with Crippen molar-refractivity contribution in [3.63, 3.8) is 0 Å². The maximum Gasteiger partial charge on any atom is 0.314 e. The van der Waals surface area contributed by atoms with E-state index < -0.39 is 5.97 Å². The van der Waals surface area contributed by atoms with Crippen LogP contribution in [0.15, 0.2) is 0 Å². The molecule has 2 atom stereocenters. The molecule has 1 rings (SSSR count).